The van der Waals surface area contributed by atoms with E-state index in [1.165, 1.54) is 0 Å². The van der Waals surface area contributed by atoms with Crippen LogP contribution in [-0.4, -0.2) is 45.9 Å². The van der Waals surface area contributed by atoms with Crippen molar-refractivity contribution >= 4 is 41.5 Å². The predicted octanol–water partition coefficient (Wildman–Crippen LogP) is 2.93. The van der Waals surface area contributed by atoms with Crippen LogP contribution in [0.3, 0.4) is 0 Å². The minimum absolute atomic E-state index is 0. The van der Waals surface area contributed by atoms with Gasteiger partial charge in [-0.3, -0.25) is 4.99 Å². The number of ether oxygens (including phenoxy) is 2. The van der Waals surface area contributed by atoms with Gasteiger partial charge in [-0.25, -0.2) is 0 Å². The first-order valence-electron chi connectivity index (χ1n) is 7.15. The number of methoxy groups -OCH3 is 1. The standard InChI is InChI=1S/C15H24ClN3O2.HI/c1-3-17-15(18-9-4-11-20-2)19-10-12-21-14-7-5-13(16)6-8-14;/h5-8H,3-4,9-12H2,1-2H3,(H2,17,18,19);1H. The van der Waals surface area contributed by atoms with Crippen molar-refractivity contribution in [3.8, 4) is 5.75 Å². The van der Waals surface area contributed by atoms with Crippen molar-refractivity contribution in [2.24, 2.45) is 4.99 Å². The highest BCUT2D eigenvalue weighted by atomic mass is 127. The van der Waals surface area contributed by atoms with Crippen LogP contribution >= 0.6 is 35.6 Å². The van der Waals surface area contributed by atoms with Crippen LogP contribution < -0.4 is 15.4 Å². The summed E-state index contributed by atoms with van der Waals surface area (Å²) in [6, 6.07) is 7.33. The van der Waals surface area contributed by atoms with Gasteiger partial charge in [0, 0.05) is 31.8 Å². The SMILES string of the molecule is CCNC(=NCCCOC)NCCOc1ccc(Cl)cc1.I. The highest BCUT2D eigenvalue weighted by Crippen LogP contribution is 2.14. The van der Waals surface area contributed by atoms with Crippen LogP contribution in [0.1, 0.15) is 13.3 Å². The van der Waals surface area contributed by atoms with Gasteiger partial charge in [-0.05, 0) is 37.6 Å². The molecule has 0 amide bonds. The number of aliphatic imine (C=N–C) groups is 1. The maximum Gasteiger partial charge on any atom is 0.191 e. The van der Waals surface area contributed by atoms with Crippen molar-refractivity contribution < 1.29 is 9.47 Å². The lowest BCUT2D eigenvalue weighted by Crippen LogP contribution is -2.39. The molecule has 126 valence electrons. The summed E-state index contributed by atoms with van der Waals surface area (Å²) in [5, 5.41) is 7.12. The Balaban J connectivity index is 0.00000441. The quantitative estimate of drug-likeness (QED) is 0.268. The number of nitrogens with zero attached hydrogens (tertiary/aromatic N) is 1. The Bertz CT molecular complexity index is 416. The monoisotopic (exact) mass is 441 g/mol. The summed E-state index contributed by atoms with van der Waals surface area (Å²) < 4.78 is 10.6. The van der Waals surface area contributed by atoms with E-state index in [0.29, 0.717) is 18.2 Å². The normalized spacial score (nSPS) is 10.8. The van der Waals surface area contributed by atoms with Crippen LogP contribution in [-0.2, 0) is 4.74 Å². The smallest absolute Gasteiger partial charge is 0.191 e. The van der Waals surface area contributed by atoms with Crippen molar-refractivity contribution in [2.75, 3.05) is 40.0 Å². The van der Waals surface area contributed by atoms with Gasteiger partial charge in [0.2, 0.25) is 0 Å². The molecule has 2 N–H and O–H groups in total. The van der Waals surface area contributed by atoms with Crippen molar-refractivity contribution in [2.45, 2.75) is 13.3 Å². The van der Waals surface area contributed by atoms with Crippen LogP contribution in [0, 0.1) is 0 Å². The molecule has 0 atom stereocenters. The fourth-order valence-corrected chi connectivity index (χ4v) is 1.74. The maximum atomic E-state index is 5.82. The summed E-state index contributed by atoms with van der Waals surface area (Å²) in [6.07, 6.45) is 0.911. The van der Waals surface area contributed by atoms with E-state index in [1.54, 1.807) is 7.11 Å². The molecule has 1 rings (SSSR count). The van der Waals surface area contributed by atoms with Crippen molar-refractivity contribution in [3.63, 3.8) is 0 Å². The minimum Gasteiger partial charge on any atom is -0.492 e. The molecule has 7 heteroatoms. The second kappa shape index (κ2) is 13.9. The minimum atomic E-state index is 0. The molecule has 0 bridgehead atoms. The number of guanidine groups is 1. The van der Waals surface area contributed by atoms with Gasteiger partial charge in [0.25, 0.3) is 0 Å². The third-order valence-corrected chi connectivity index (χ3v) is 2.85. The van der Waals surface area contributed by atoms with Crippen molar-refractivity contribution in [1.29, 1.82) is 0 Å². The molecule has 0 saturated heterocycles. The Labute approximate surface area is 154 Å². The van der Waals surface area contributed by atoms with Gasteiger partial charge in [0.05, 0.1) is 6.54 Å². The average Bonchev–Trinajstić information content (AvgIpc) is 2.49. The Kier molecular flexibility index (Phi) is 13.4. The van der Waals surface area contributed by atoms with Crippen LogP contribution in [0.25, 0.3) is 0 Å². The number of rotatable bonds is 9. The third kappa shape index (κ3) is 10.1. The molecule has 0 saturated carbocycles. The van der Waals surface area contributed by atoms with E-state index < -0.39 is 0 Å². The highest BCUT2D eigenvalue weighted by Gasteiger charge is 1.97. The number of halogens is 2. The number of hydrogen-bond acceptors (Lipinski definition) is 3. The van der Waals surface area contributed by atoms with E-state index in [2.05, 4.69) is 15.6 Å². The summed E-state index contributed by atoms with van der Waals surface area (Å²) in [5.41, 5.74) is 0. The lowest BCUT2D eigenvalue weighted by molar-refractivity contribution is 0.197. The van der Waals surface area contributed by atoms with Crippen LogP contribution in [0.4, 0.5) is 0 Å². The lowest BCUT2D eigenvalue weighted by Gasteiger charge is -2.12. The molecule has 0 aliphatic carbocycles. The van der Waals surface area contributed by atoms with E-state index in [0.717, 1.165) is 37.8 Å². The first-order valence-corrected chi connectivity index (χ1v) is 7.53. The molecule has 1 aromatic carbocycles. The molecular formula is C15H25ClIN3O2. The topological polar surface area (TPSA) is 54.9 Å². The van der Waals surface area contributed by atoms with Gasteiger partial charge in [0.1, 0.15) is 12.4 Å². The molecule has 0 aromatic heterocycles. The van der Waals surface area contributed by atoms with Crippen LogP contribution in [0.5, 0.6) is 5.75 Å². The molecule has 0 aliphatic heterocycles. The molecule has 22 heavy (non-hydrogen) atoms. The van der Waals surface area contributed by atoms with E-state index in [-0.39, 0.29) is 24.0 Å². The van der Waals surface area contributed by atoms with Gasteiger partial charge in [-0.15, -0.1) is 24.0 Å². The molecule has 5 nitrogen and oxygen atoms in total. The molecule has 0 unspecified atom stereocenters. The Hall–Kier alpha value is -0.730. The highest BCUT2D eigenvalue weighted by molar-refractivity contribution is 14.0. The molecule has 1 aromatic rings. The zero-order valence-corrected chi connectivity index (χ0v) is 16.2. The second-order valence-corrected chi connectivity index (χ2v) is 4.77. The van der Waals surface area contributed by atoms with Crippen LogP contribution in [0.15, 0.2) is 29.3 Å². The average molecular weight is 442 g/mol. The summed E-state index contributed by atoms with van der Waals surface area (Å²) in [5.74, 6) is 1.61. The zero-order chi connectivity index (χ0) is 15.3. The zero-order valence-electron chi connectivity index (χ0n) is 13.1. The Morgan fingerprint density at radius 1 is 1.18 bits per heavy atom. The molecule has 0 radical (unpaired) electrons. The lowest BCUT2D eigenvalue weighted by atomic mass is 10.3. The van der Waals surface area contributed by atoms with E-state index >= 15 is 0 Å². The molecular weight excluding hydrogens is 417 g/mol. The molecule has 0 spiro atoms. The largest absolute Gasteiger partial charge is 0.492 e. The van der Waals surface area contributed by atoms with Gasteiger partial charge in [-0.1, -0.05) is 11.6 Å². The Morgan fingerprint density at radius 2 is 1.91 bits per heavy atom. The van der Waals surface area contributed by atoms with Gasteiger partial charge >= 0.3 is 0 Å². The summed E-state index contributed by atoms with van der Waals surface area (Å²) in [7, 11) is 1.70. The number of benzene rings is 1. The van der Waals surface area contributed by atoms with Crippen molar-refractivity contribution in [3.05, 3.63) is 29.3 Å². The summed E-state index contributed by atoms with van der Waals surface area (Å²) in [4.78, 5) is 4.45. The number of hydrogen-bond donors (Lipinski definition) is 2. The molecule has 0 heterocycles. The third-order valence-electron chi connectivity index (χ3n) is 2.60. The Morgan fingerprint density at radius 3 is 2.55 bits per heavy atom. The van der Waals surface area contributed by atoms with Gasteiger partial charge < -0.3 is 20.1 Å². The first kappa shape index (κ1) is 21.3. The van der Waals surface area contributed by atoms with Gasteiger partial charge in [-0.2, -0.15) is 0 Å². The fourth-order valence-electron chi connectivity index (χ4n) is 1.61. The first-order chi connectivity index (χ1) is 10.3. The summed E-state index contributed by atoms with van der Waals surface area (Å²) in [6.45, 7) is 5.57. The maximum absolute atomic E-state index is 5.82. The van der Waals surface area contributed by atoms with Gasteiger partial charge in [0.15, 0.2) is 5.96 Å². The predicted molar refractivity (Wildman–Crippen MR) is 103 cm³/mol. The number of nitrogens with one attached hydrogen (secondary N) is 2. The molecule has 0 aliphatic rings. The van der Waals surface area contributed by atoms with E-state index in [4.69, 9.17) is 21.1 Å². The van der Waals surface area contributed by atoms with E-state index in [9.17, 15) is 0 Å². The summed E-state index contributed by atoms with van der Waals surface area (Å²) >= 11 is 5.82. The molecule has 0 fully saturated rings. The fraction of sp³-hybridized carbons (Fsp3) is 0.533. The van der Waals surface area contributed by atoms with Crippen molar-refractivity contribution in [1.82, 2.24) is 10.6 Å². The second-order valence-electron chi connectivity index (χ2n) is 4.34. The van der Waals surface area contributed by atoms with E-state index in [1.807, 2.05) is 31.2 Å². The van der Waals surface area contributed by atoms with Crippen LogP contribution in [0.2, 0.25) is 5.02 Å².